The molecule has 0 radical (unpaired) electrons. The molecule has 0 bridgehead atoms. The first-order chi connectivity index (χ1) is 14.7. The molecule has 0 aromatic rings. The van der Waals surface area contributed by atoms with Gasteiger partial charge in [0.05, 0.1) is 0 Å². The Labute approximate surface area is 212 Å². The second kappa shape index (κ2) is 77.5. The predicted molar refractivity (Wildman–Crippen MR) is 162 cm³/mol. The fourth-order valence-corrected chi connectivity index (χ4v) is 0.408. The summed E-state index contributed by atoms with van der Waals surface area (Å²) in [7, 11) is 0. The number of hydrogen-bond acceptors (Lipinski definition) is 1. The van der Waals surface area contributed by atoms with Gasteiger partial charge >= 0.3 is 0 Å². The number of hydrogen-bond donors (Lipinski definition) is 0. The Morgan fingerprint density at radius 3 is 0.625 bits per heavy atom. The SMILES string of the molecule is CC.CC.CC.CC(C)C.CC(C)C.CCC.CCC.CCC(=O)C(C)C.CCC(C)C. The Morgan fingerprint density at radius 2 is 0.625 bits per heavy atom. The lowest BCUT2D eigenvalue weighted by molar-refractivity contribution is -0.121. The molecule has 0 unspecified atom stereocenters. The fraction of sp³-hybridized carbons (Fsp3) is 0.968. The van der Waals surface area contributed by atoms with Gasteiger partial charge in [0.25, 0.3) is 0 Å². The number of ketones is 1. The van der Waals surface area contributed by atoms with Crippen molar-refractivity contribution >= 4 is 5.78 Å². The number of carbonyl (C=O) groups is 1. The monoisotopic (exact) mass is 467 g/mol. The van der Waals surface area contributed by atoms with Crippen molar-refractivity contribution in [3.05, 3.63) is 0 Å². The zero-order valence-corrected chi connectivity index (χ0v) is 28.0. The van der Waals surface area contributed by atoms with Crippen molar-refractivity contribution in [3.8, 4) is 0 Å². The highest BCUT2D eigenvalue weighted by atomic mass is 16.1. The lowest BCUT2D eigenvalue weighted by atomic mass is 10.1. The Morgan fingerprint density at radius 1 is 0.500 bits per heavy atom. The van der Waals surface area contributed by atoms with Crippen molar-refractivity contribution in [2.75, 3.05) is 0 Å². The lowest BCUT2D eigenvalue weighted by Crippen LogP contribution is -2.03. The summed E-state index contributed by atoms with van der Waals surface area (Å²) < 4.78 is 0. The van der Waals surface area contributed by atoms with E-state index in [2.05, 4.69) is 90.0 Å². The van der Waals surface area contributed by atoms with Gasteiger partial charge in [-0.25, -0.2) is 0 Å². The van der Waals surface area contributed by atoms with Gasteiger partial charge in [-0.3, -0.25) is 4.79 Å². The Balaban J connectivity index is -0.0000000276. The van der Waals surface area contributed by atoms with Crippen LogP contribution in [0, 0.1) is 23.7 Å². The molecule has 0 aromatic carbocycles. The normalized spacial score (nSPS) is 7.56. The third kappa shape index (κ3) is 415. The quantitative estimate of drug-likeness (QED) is 0.404. The molecular formula is C31H78O. The largest absolute Gasteiger partial charge is 0.299 e. The summed E-state index contributed by atoms with van der Waals surface area (Å²) in [4.78, 5) is 10.5. The van der Waals surface area contributed by atoms with Gasteiger partial charge in [0.2, 0.25) is 0 Å². The second-order valence-electron chi connectivity index (χ2n) is 8.65. The summed E-state index contributed by atoms with van der Waals surface area (Å²) in [6.45, 7) is 45.9. The smallest absolute Gasteiger partial charge is 0.135 e. The van der Waals surface area contributed by atoms with E-state index in [4.69, 9.17) is 0 Å². The number of rotatable bonds is 3. The van der Waals surface area contributed by atoms with Gasteiger partial charge < -0.3 is 0 Å². The van der Waals surface area contributed by atoms with Gasteiger partial charge in [-0.15, -0.1) is 0 Å². The lowest BCUT2D eigenvalue weighted by Gasteiger charge is -1.96. The van der Waals surface area contributed by atoms with Crippen molar-refractivity contribution in [3.63, 3.8) is 0 Å². The molecule has 0 aliphatic carbocycles. The molecule has 1 heteroatoms. The van der Waals surface area contributed by atoms with Gasteiger partial charge in [-0.2, -0.15) is 0 Å². The van der Waals surface area contributed by atoms with Crippen LogP contribution in [0.1, 0.15) is 178 Å². The second-order valence-corrected chi connectivity index (χ2v) is 8.65. The molecule has 0 aliphatic rings. The molecule has 32 heavy (non-hydrogen) atoms. The van der Waals surface area contributed by atoms with Crippen LogP contribution in [-0.4, -0.2) is 5.78 Å². The van der Waals surface area contributed by atoms with Crippen molar-refractivity contribution < 1.29 is 4.79 Å². The van der Waals surface area contributed by atoms with Crippen LogP contribution in [0.3, 0.4) is 0 Å². The van der Waals surface area contributed by atoms with E-state index in [0.717, 1.165) is 17.8 Å². The topological polar surface area (TPSA) is 17.1 Å². The van der Waals surface area contributed by atoms with Crippen LogP contribution in [-0.2, 0) is 4.79 Å². The van der Waals surface area contributed by atoms with Crippen LogP contribution in [0.2, 0.25) is 0 Å². The van der Waals surface area contributed by atoms with E-state index in [9.17, 15) is 4.79 Å². The standard InChI is InChI=1S/C6H12O.C5H12.2C4H10.2C3H8.3C2H6/c1-4-6(7)5(2)3;1-4-5(2)3;2*1-4(2)3;2*1-3-2;3*1-2/h5H,4H2,1-3H3;5H,4H2,1-3H3;2*4H,1-3H3;2*3H2,1-2H3;3*1-2H3. The highest BCUT2D eigenvalue weighted by molar-refractivity contribution is 5.79. The first-order valence-electron chi connectivity index (χ1n) is 14.3. The Hall–Kier alpha value is -0.330. The maximum atomic E-state index is 10.5. The molecular weight excluding hydrogens is 388 g/mol. The third-order valence-electron chi connectivity index (χ3n) is 1.81. The molecule has 0 fully saturated rings. The zero-order chi connectivity index (χ0) is 28.7. The molecule has 0 N–H and O–H groups in total. The molecule has 1 nitrogen and oxygen atoms in total. The summed E-state index contributed by atoms with van der Waals surface area (Å²) >= 11 is 0. The van der Waals surface area contributed by atoms with Gasteiger partial charge in [-0.05, 0) is 17.8 Å². The Bertz CT molecular complexity index is 177. The molecule has 0 saturated heterocycles. The van der Waals surface area contributed by atoms with Crippen LogP contribution in [0.25, 0.3) is 0 Å². The molecule has 0 aromatic heterocycles. The molecule has 0 heterocycles. The van der Waals surface area contributed by atoms with Crippen LogP contribution >= 0.6 is 0 Å². The van der Waals surface area contributed by atoms with Crippen molar-refractivity contribution in [2.24, 2.45) is 23.7 Å². The highest BCUT2D eigenvalue weighted by Crippen LogP contribution is 1.95. The summed E-state index contributed by atoms with van der Waals surface area (Å²) in [6, 6.07) is 0. The van der Waals surface area contributed by atoms with E-state index < -0.39 is 0 Å². The van der Waals surface area contributed by atoms with E-state index >= 15 is 0 Å². The van der Waals surface area contributed by atoms with Crippen LogP contribution in [0.4, 0.5) is 0 Å². The van der Waals surface area contributed by atoms with Crippen LogP contribution < -0.4 is 0 Å². The minimum Gasteiger partial charge on any atom is -0.299 e. The molecule has 208 valence electrons. The molecule has 0 aliphatic heterocycles. The molecule has 0 spiro atoms. The number of Topliss-reactive ketones (excluding diaryl/α,β-unsaturated/α-hetero) is 1. The highest BCUT2D eigenvalue weighted by Gasteiger charge is 2.00. The van der Waals surface area contributed by atoms with Gasteiger partial charge in [0, 0.05) is 12.3 Å². The van der Waals surface area contributed by atoms with Gasteiger partial charge in [0.1, 0.15) is 5.78 Å². The summed E-state index contributed by atoms with van der Waals surface area (Å²) in [6.07, 6.45) is 4.48. The third-order valence-corrected chi connectivity index (χ3v) is 1.81. The molecule has 0 amide bonds. The van der Waals surface area contributed by atoms with E-state index in [1.807, 2.05) is 62.3 Å². The molecule has 0 atom stereocenters. The van der Waals surface area contributed by atoms with Gasteiger partial charge in [0.15, 0.2) is 0 Å². The minimum absolute atomic E-state index is 0.227. The van der Waals surface area contributed by atoms with Crippen molar-refractivity contribution in [1.82, 2.24) is 0 Å². The predicted octanol–water partition coefficient (Wildman–Crippen LogP) is 12.9. The van der Waals surface area contributed by atoms with Crippen molar-refractivity contribution in [1.29, 1.82) is 0 Å². The van der Waals surface area contributed by atoms with E-state index in [0.29, 0.717) is 12.2 Å². The number of carbonyl (C=O) groups excluding carboxylic acids is 1. The summed E-state index contributed by atoms with van der Waals surface area (Å²) in [5.41, 5.74) is 0. The van der Waals surface area contributed by atoms with Crippen LogP contribution in [0.5, 0.6) is 0 Å². The Kier molecular flexibility index (Phi) is 140. The van der Waals surface area contributed by atoms with Crippen LogP contribution in [0.15, 0.2) is 0 Å². The average molecular weight is 467 g/mol. The van der Waals surface area contributed by atoms with E-state index in [1.54, 1.807) is 0 Å². The minimum atomic E-state index is 0.227. The fourth-order valence-electron chi connectivity index (χ4n) is 0.408. The molecule has 0 rings (SSSR count). The van der Waals surface area contributed by atoms with E-state index in [1.165, 1.54) is 19.3 Å². The summed E-state index contributed by atoms with van der Waals surface area (Å²) in [5, 5.41) is 0. The average Bonchev–Trinajstić information content (AvgIpc) is 2.72. The maximum Gasteiger partial charge on any atom is 0.135 e. The first kappa shape index (κ1) is 58.0. The summed E-state index contributed by atoms with van der Waals surface area (Å²) in [5.74, 6) is 3.12. The van der Waals surface area contributed by atoms with E-state index in [-0.39, 0.29) is 5.92 Å². The first-order valence-corrected chi connectivity index (χ1v) is 14.3. The van der Waals surface area contributed by atoms with Gasteiger partial charge in [-0.1, -0.05) is 172 Å². The maximum absolute atomic E-state index is 10.5. The van der Waals surface area contributed by atoms with Crippen molar-refractivity contribution in [2.45, 2.75) is 178 Å². The zero-order valence-electron chi connectivity index (χ0n) is 28.0. The molecule has 0 saturated carbocycles.